The number of carbonyl (C=O) groups excluding carboxylic acids is 3. The summed E-state index contributed by atoms with van der Waals surface area (Å²) in [4.78, 5) is 36.4. The molecule has 3 N–H and O–H groups in total. The van der Waals surface area contributed by atoms with Crippen LogP contribution in [0.1, 0.15) is 43.1 Å². The topological polar surface area (TPSA) is 134 Å². The van der Waals surface area contributed by atoms with E-state index in [0.29, 0.717) is 6.42 Å². The molecule has 4 amide bonds. The second-order valence-corrected chi connectivity index (χ2v) is 10.7. The molecule has 0 radical (unpaired) electrons. The van der Waals surface area contributed by atoms with Gasteiger partial charge in [0.1, 0.15) is 0 Å². The third-order valence-corrected chi connectivity index (χ3v) is 6.70. The molecule has 0 aliphatic rings. The van der Waals surface area contributed by atoms with Gasteiger partial charge in [-0.2, -0.15) is 0 Å². The normalized spacial score (nSPS) is 11.3. The number of carbonyl (C=O) groups is 3. The molecule has 2 rings (SSSR count). The number of hydrogen-bond donors (Lipinski definition) is 4. The maximum absolute atomic E-state index is 12.3. The van der Waals surface area contributed by atoms with Crippen molar-refractivity contribution >= 4 is 46.6 Å². The number of nitrogens with zero attached hydrogens (tertiary/aromatic N) is 1. The van der Waals surface area contributed by atoms with Gasteiger partial charge in [0.15, 0.2) is 0 Å². The summed E-state index contributed by atoms with van der Waals surface area (Å²) < 4.78 is 33.1. The van der Waals surface area contributed by atoms with E-state index < -0.39 is 27.6 Å². The number of thiol groups is 1. The number of hydrogen-bond acceptors (Lipinski definition) is 7. The molecule has 0 heterocycles. The first-order valence-electron chi connectivity index (χ1n) is 10.7. The Hall–Kier alpha value is -3.25. The van der Waals surface area contributed by atoms with E-state index in [4.69, 9.17) is 4.74 Å². The van der Waals surface area contributed by atoms with E-state index >= 15 is 0 Å². The Morgan fingerprint density at radius 3 is 2.34 bits per heavy atom. The molecule has 0 saturated carbocycles. The summed E-state index contributed by atoms with van der Waals surface area (Å²) >= 11 is 4.16. The first-order valence-corrected chi connectivity index (χ1v) is 12.6. The van der Waals surface area contributed by atoms with E-state index in [1.807, 2.05) is 32.4 Å². The van der Waals surface area contributed by atoms with Gasteiger partial charge in [0.2, 0.25) is 0 Å². The van der Waals surface area contributed by atoms with Crippen LogP contribution in [0.25, 0.3) is 0 Å². The number of sulfonamides is 1. The van der Waals surface area contributed by atoms with Gasteiger partial charge in [-0.25, -0.2) is 27.5 Å². The molecule has 0 fully saturated rings. The molecule has 2 aromatic rings. The highest BCUT2D eigenvalue weighted by Crippen LogP contribution is 2.16. The van der Waals surface area contributed by atoms with Gasteiger partial charge < -0.3 is 15.4 Å². The molecule has 0 spiro atoms. The largest absolute Gasteiger partial charge is 0.462 e. The number of anilines is 1. The van der Waals surface area contributed by atoms with Crippen LogP contribution in [0, 0.1) is 6.92 Å². The van der Waals surface area contributed by atoms with Crippen molar-refractivity contribution in [1.29, 1.82) is 0 Å². The quantitative estimate of drug-likeness (QED) is 0.237. The van der Waals surface area contributed by atoms with Crippen molar-refractivity contribution in [3.8, 4) is 0 Å². The molecular weight excluding hydrogens is 492 g/mol. The van der Waals surface area contributed by atoms with Crippen molar-refractivity contribution in [2.45, 2.75) is 44.6 Å². The number of aryl methyl sites for hydroxylation is 1. The maximum Gasteiger partial charge on any atom is 0.338 e. The van der Waals surface area contributed by atoms with E-state index in [9.17, 15) is 22.8 Å². The highest BCUT2D eigenvalue weighted by molar-refractivity contribution is 7.90. The van der Waals surface area contributed by atoms with Gasteiger partial charge >= 0.3 is 18.0 Å². The third-order valence-electron chi connectivity index (χ3n) is 4.57. The molecule has 0 unspecified atom stereocenters. The summed E-state index contributed by atoms with van der Waals surface area (Å²) in [6.07, 6.45) is 0.389. The van der Waals surface area contributed by atoms with Gasteiger partial charge in [-0.15, -0.1) is 0 Å². The highest BCUT2D eigenvalue weighted by atomic mass is 32.2. The SMILES string of the molecule is Cc1ccc(S(=O)(=O)NC(=O)Nc2cccc(C(=O)OCCCNC(=O)N(S)C(C)(C)C)c2)cc1. The second kappa shape index (κ2) is 11.9. The van der Waals surface area contributed by atoms with E-state index in [1.54, 1.807) is 12.1 Å². The van der Waals surface area contributed by atoms with Crippen molar-refractivity contribution in [3.05, 3.63) is 59.7 Å². The standard InChI is InChI=1S/C23H30N4O6S2/c1-16-9-11-19(12-10-16)35(31,32)26-21(29)25-18-8-5-7-17(15-18)20(28)33-14-6-13-24-22(30)27(34)23(2,3)4/h5,7-12,15,34H,6,13-14H2,1-4H3,(H,24,30)(H2,25,26,29). The smallest absolute Gasteiger partial charge is 0.338 e. The number of nitrogens with one attached hydrogen (secondary N) is 3. The van der Waals surface area contributed by atoms with Crippen LogP contribution in [0.2, 0.25) is 0 Å². The number of rotatable bonds is 8. The van der Waals surface area contributed by atoms with Crippen LogP contribution in [-0.2, 0) is 14.8 Å². The predicted octanol–water partition coefficient (Wildman–Crippen LogP) is 3.71. The Kier molecular flexibility index (Phi) is 9.55. The van der Waals surface area contributed by atoms with Gasteiger partial charge in [-0.05, 0) is 64.4 Å². The summed E-state index contributed by atoms with van der Waals surface area (Å²) in [7, 11) is -4.05. The van der Waals surface area contributed by atoms with E-state index in [-0.39, 0.29) is 35.3 Å². The van der Waals surface area contributed by atoms with Crippen molar-refractivity contribution in [1.82, 2.24) is 14.3 Å². The van der Waals surface area contributed by atoms with Crippen LogP contribution in [0.15, 0.2) is 53.4 Å². The fourth-order valence-corrected chi connectivity index (χ4v) is 3.65. The summed E-state index contributed by atoms with van der Waals surface area (Å²) in [5.74, 6) is -0.627. The fourth-order valence-electron chi connectivity index (χ4n) is 2.67. The van der Waals surface area contributed by atoms with Crippen LogP contribution in [0.3, 0.4) is 0 Å². The van der Waals surface area contributed by atoms with Crippen molar-refractivity contribution in [2.24, 2.45) is 0 Å². The number of urea groups is 2. The molecule has 10 nitrogen and oxygen atoms in total. The zero-order chi connectivity index (χ0) is 26.2. The van der Waals surface area contributed by atoms with Gasteiger partial charge in [0, 0.05) is 17.8 Å². The molecule has 0 bridgehead atoms. The number of esters is 1. The Bertz CT molecular complexity index is 1160. The molecular formula is C23H30N4O6S2. The molecule has 0 saturated heterocycles. The van der Waals surface area contributed by atoms with E-state index in [2.05, 4.69) is 23.4 Å². The van der Waals surface area contributed by atoms with Crippen LogP contribution < -0.4 is 15.4 Å². The molecule has 12 heteroatoms. The van der Waals surface area contributed by atoms with Crippen LogP contribution >= 0.6 is 12.8 Å². The molecule has 0 aliphatic carbocycles. The molecule has 35 heavy (non-hydrogen) atoms. The lowest BCUT2D eigenvalue weighted by molar-refractivity contribution is 0.0501. The van der Waals surface area contributed by atoms with Crippen molar-refractivity contribution < 1.29 is 27.5 Å². The zero-order valence-corrected chi connectivity index (χ0v) is 21.7. The van der Waals surface area contributed by atoms with Gasteiger partial charge in [0.25, 0.3) is 10.0 Å². The van der Waals surface area contributed by atoms with Gasteiger partial charge in [0.05, 0.1) is 17.1 Å². The van der Waals surface area contributed by atoms with Crippen LogP contribution in [0.5, 0.6) is 0 Å². The second-order valence-electron chi connectivity index (χ2n) is 8.66. The first-order chi connectivity index (χ1) is 16.3. The Morgan fingerprint density at radius 1 is 1.06 bits per heavy atom. The van der Waals surface area contributed by atoms with E-state index in [0.717, 1.165) is 5.56 Å². The monoisotopic (exact) mass is 522 g/mol. The highest BCUT2D eigenvalue weighted by Gasteiger charge is 2.23. The van der Waals surface area contributed by atoms with Gasteiger partial charge in [-0.3, -0.25) is 4.31 Å². The molecule has 0 aliphatic heterocycles. The van der Waals surface area contributed by atoms with Crippen molar-refractivity contribution in [3.63, 3.8) is 0 Å². The molecule has 0 aromatic heterocycles. The summed E-state index contributed by atoms with van der Waals surface area (Å²) in [5.41, 5.74) is 0.814. The number of ether oxygens (including phenoxy) is 1. The van der Waals surface area contributed by atoms with E-state index in [1.165, 1.54) is 40.7 Å². The number of amides is 4. The summed E-state index contributed by atoms with van der Waals surface area (Å²) in [6.45, 7) is 7.70. The summed E-state index contributed by atoms with van der Waals surface area (Å²) in [5, 5.41) is 5.07. The minimum Gasteiger partial charge on any atom is -0.462 e. The van der Waals surface area contributed by atoms with Crippen LogP contribution in [-0.4, -0.2) is 49.4 Å². The minimum absolute atomic E-state index is 0.0488. The molecule has 2 aromatic carbocycles. The van der Waals surface area contributed by atoms with Crippen LogP contribution in [0.4, 0.5) is 15.3 Å². The Labute approximate surface area is 211 Å². The van der Waals surface area contributed by atoms with Crippen molar-refractivity contribution in [2.75, 3.05) is 18.5 Å². The number of benzene rings is 2. The minimum atomic E-state index is -4.05. The summed E-state index contributed by atoms with van der Waals surface area (Å²) in [6, 6.07) is 10.6. The lowest BCUT2D eigenvalue weighted by atomic mass is 10.1. The Morgan fingerprint density at radius 2 is 1.71 bits per heavy atom. The zero-order valence-electron chi connectivity index (χ0n) is 20.0. The molecule has 190 valence electrons. The third kappa shape index (κ3) is 8.80. The molecule has 0 atom stereocenters. The fraction of sp³-hybridized carbons (Fsp3) is 0.348. The lowest BCUT2D eigenvalue weighted by Gasteiger charge is -2.30. The average Bonchev–Trinajstić information content (AvgIpc) is 2.77. The maximum atomic E-state index is 12.3. The Balaban J connectivity index is 1.84. The lowest BCUT2D eigenvalue weighted by Crippen LogP contribution is -2.44. The van der Waals surface area contributed by atoms with Gasteiger partial charge in [-0.1, -0.05) is 36.6 Å². The average molecular weight is 523 g/mol. The predicted molar refractivity (Wildman–Crippen MR) is 136 cm³/mol. The first kappa shape index (κ1) is 28.0.